The van der Waals surface area contributed by atoms with Crippen molar-refractivity contribution in [1.29, 1.82) is 0 Å². The summed E-state index contributed by atoms with van der Waals surface area (Å²) < 4.78 is 18.4. The number of esters is 1. The summed E-state index contributed by atoms with van der Waals surface area (Å²) in [5.41, 5.74) is 0.788. The molecular weight excluding hydrogens is 383 g/mol. The van der Waals surface area contributed by atoms with Crippen molar-refractivity contribution in [2.45, 2.75) is 11.4 Å². The summed E-state index contributed by atoms with van der Waals surface area (Å²) in [5, 5.41) is 2.26. The molecule has 0 bridgehead atoms. The summed E-state index contributed by atoms with van der Waals surface area (Å²) in [7, 11) is 1.61. The third-order valence-electron chi connectivity index (χ3n) is 3.87. The van der Waals surface area contributed by atoms with E-state index in [1.54, 1.807) is 18.8 Å². The fourth-order valence-electron chi connectivity index (χ4n) is 2.29. The van der Waals surface area contributed by atoms with E-state index in [0.29, 0.717) is 6.54 Å². The van der Waals surface area contributed by atoms with Crippen molar-refractivity contribution in [3.63, 3.8) is 0 Å². The minimum atomic E-state index is -0.782. The van der Waals surface area contributed by atoms with Gasteiger partial charge in [-0.2, -0.15) is 0 Å². The first-order valence-electron chi connectivity index (χ1n) is 8.46. The zero-order valence-corrected chi connectivity index (χ0v) is 16.4. The molecule has 2 amide bonds. The molecule has 8 heteroatoms. The largest absolute Gasteiger partial charge is 0.454 e. The number of rotatable bonds is 8. The van der Waals surface area contributed by atoms with E-state index in [0.717, 1.165) is 16.5 Å². The van der Waals surface area contributed by atoms with Crippen LogP contribution in [0.15, 0.2) is 53.4 Å². The summed E-state index contributed by atoms with van der Waals surface area (Å²) in [5.74, 6) is -2.57. The molecule has 0 saturated heterocycles. The van der Waals surface area contributed by atoms with Gasteiger partial charge in [-0.3, -0.25) is 14.4 Å². The predicted molar refractivity (Wildman–Crippen MR) is 104 cm³/mol. The van der Waals surface area contributed by atoms with Gasteiger partial charge >= 0.3 is 5.97 Å². The van der Waals surface area contributed by atoms with E-state index >= 15 is 0 Å². The Morgan fingerprint density at radius 2 is 1.79 bits per heavy atom. The van der Waals surface area contributed by atoms with Gasteiger partial charge in [0.25, 0.3) is 11.8 Å². The highest BCUT2D eigenvalue weighted by atomic mass is 32.2. The van der Waals surface area contributed by atoms with Crippen LogP contribution in [0, 0.1) is 5.82 Å². The zero-order valence-electron chi connectivity index (χ0n) is 15.6. The molecule has 0 heterocycles. The number of hydrogen-bond donors (Lipinski definition) is 1. The van der Waals surface area contributed by atoms with Crippen LogP contribution < -0.4 is 5.32 Å². The van der Waals surface area contributed by atoms with Crippen LogP contribution >= 0.6 is 11.8 Å². The van der Waals surface area contributed by atoms with Gasteiger partial charge in [0.2, 0.25) is 0 Å². The molecule has 2 aromatic rings. The maximum atomic E-state index is 13.5. The number of nitrogens with one attached hydrogen (secondary N) is 1. The number of ether oxygens (including phenoxy) is 1. The highest BCUT2D eigenvalue weighted by molar-refractivity contribution is 7.98. The molecule has 0 aliphatic heterocycles. The van der Waals surface area contributed by atoms with Crippen LogP contribution in [0.5, 0.6) is 0 Å². The van der Waals surface area contributed by atoms with E-state index in [9.17, 15) is 18.8 Å². The molecule has 28 heavy (non-hydrogen) atoms. The van der Waals surface area contributed by atoms with E-state index in [1.807, 2.05) is 30.5 Å². The van der Waals surface area contributed by atoms with Crippen LogP contribution in [-0.4, -0.2) is 49.1 Å². The number of carbonyl (C=O) groups excluding carboxylic acids is 3. The van der Waals surface area contributed by atoms with Gasteiger partial charge < -0.3 is 15.0 Å². The molecule has 0 atom stereocenters. The van der Waals surface area contributed by atoms with Crippen molar-refractivity contribution >= 4 is 29.5 Å². The molecule has 0 aromatic heterocycles. The standard InChI is InChI=1S/C20H21FN2O4S/c1-23(12-14-7-9-15(28-2)10-8-14)18(24)13-27-19(25)11-22-20(26)16-5-3-4-6-17(16)21/h3-10H,11-13H2,1-2H3,(H,22,26). The monoisotopic (exact) mass is 404 g/mol. The predicted octanol–water partition coefficient (Wildman–Crippen LogP) is 2.48. The first-order valence-corrected chi connectivity index (χ1v) is 9.68. The highest BCUT2D eigenvalue weighted by Gasteiger charge is 2.15. The Kier molecular flexibility index (Phi) is 8.01. The lowest BCUT2D eigenvalue weighted by molar-refractivity contribution is -0.150. The number of thioether (sulfide) groups is 1. The highest BCUT2D eigenvalue weighted by Crippen LogP contribution is 2.15. The van der Waals surface area contributed by atoms with Crippen LogP contribution in [0.3, 0.4) is 0 Å². The number of nitrogens with zero attached hydrogens (tertiary/aromatic N) is 1. The lowest BCUT2D eigenvalue weighted by Gasteiger charge is -2.17. The summed E-state index contributed by atoms with van der Waals surface area (Å²) in [6.45, 7) is -0.511. The minimum Gasteiger partial charge on any atom is -0.454 e. The average molecular weight is 404 g/mol. The second-order valence-corrected chi connectivity index (χ2v) is 6.80. The van der Waals surface area contributed by atoms with Gasteiger partial charge in [0.05, 0.1) is 5.56 Å². The average Bonchev–Trinajstić information content (AvgIpc) is 2.71. The Morgan fingerprint density at radius 3 is 2.43 bits per heavy atom. The quantitative estimate of drug-likeness (QED) is 0.540. The van der Waals surface area contributed by atoms with Gasteiger partial charge in [0.15, 0.2) is 6.61 Å². The summed E-state index contributed by atoms with van der Waals surface area (Å²) >= 11 is 1.63. The molecule has 0 radical (unpaired) electrons. The third-order valence-corrected chi connectivity index (χ3v) is 4.62. The lowest BCUT2D eigenvalue weighted by Crippen LogP contribution is -2.34. The Balaban J connectivity index is 1.74. The van der Waals surface area contributed by atoms with Gasteiger partial charge in [0.1, 0.15) is 12.4 Å². The summed E-state index contributed by atoms with van der Waals surface area (Å²) in [4.78, 5) is 38.2. The molecule has 2 rings (SSSR count). The number of likely N-dealkylation sites (N-methyl/N-ethyl adjacent to an activating group) is 1. The Bertz CT molecular complexity index is 842. The summed E-state index contributed by atoms with van der Waals surface area (Å²) in [6, 6.07) is 13.2. The first-order chi connectivity index (χ1) is 13.4. The lowest BCUT2D eigenvalue weighted by atomic mass is 10.2. The van der Waals surface area contributed by atoms with Crippen molar-refractivity contribution in [3.05, 3.63) is 65.5 Å². The number of benzene rings is 2. The number of carbonyl (C=O) groups is 3. The molecule has 6 nitrogen and oxygen atoms in total. The molecule has 0 saturated carbocycles. The molecule has 0 aliphatic rings. The maximum absolute atomic E-state index is 13.5. The van der Waals surface area contributed by atoms with E-state index in [4.69, 9.17) is 4.74 Å². The molecule has 0 aliphatic carbocycles. The molecule has 0 spiro atoms. The van der Waals surface area contributed by atoms with Crippen molar-refractivity contribution < 1.29 is 23.5 Å². The van der Waals surface area contributed by atoms with Crippen LogP contribution in [0.4, 0.5) is 4.39 Å². The van der Waals surface area contributed by atoms with Crippen LogP contribution in [0.25, 0.3) is 0 Å². The zero-order chi connectivity index (χ0) is 20.5. The smallest absolute Gasteiger partial charge is 0.325 e. The van der Waals surface area contributed by atoms with Crippen molar-refractivity contribution in [2.24, 2.45) is 0 Å². The van der Waals surface area contributed by atoms with Crippen molar-refractivity contribution in [2.75, 3.05) is 26.5 Å². The second-order valence-electron chi connectivity index (χ2n) is 5.92. The second kappa shape index (κ2) is 10.5. The van der Waals surface area contributed by atoms with Crippen LogP contribution in [0.1, 0.15) is 15.9 Å². The summed E-state index contributed by atoms with van der Waals surface area (Å²) in [6.07, 6.45) is 1.98. The number of hydrogen-bond acceptors (Lipinski definition) is 5. The van der Waals surface area contributed by atoms with Crippen LogP contribution in [-0.2, 0) is 20.9 Å². The SMILES string of the molecule is CSc1ccc(CN(C)C(=O)COC(=O)CNC(=O)c2ccccc2F)cc1. The third kappa shape index (κ3) is 6.38. The molecule has 0 fully saturated rings. The fraction of sp³-hybridized carbons (Fsp3) is 0.250. The Labute approximate surface area is 167 Å². The van der Waals surface area contributed by atoms with E-state index in [-0.39, 0.29) is 11.5 Å². The van der Waals surface area contributed by atoms with Crippen molar-refractivity contribution in [3.8, 4) is 0 Å². The van der Waals surface area contributed by atoms with E-state index < -0.39 is 30.8 Å². The van der Waals surface area contributed by atoms with Crippen LogP contribution in [0.2, 0.25) is 0 Å². The Hall–Kier alpha value is -2.87. The van der Waals surface area contributed by atoms with E-state index in [2.05, 4.69) is 5.32 Å². The van der Waals surface area contributed by atoms with Gasteiger partial charge in [-0.15, -0.1) is 11.8 Å². The molecule has 148 valence electrons. The van der Waals surface area contributed by atoms with Crippen molar-refractivity contribution in [1.82, 2.24) is 10.2 Å². The van der Waals surface area contributed by atoms with Gasteiger partial charge in [-0.05, 0) is 36.1 Å². The minimum absolute atomic E-state index is 0.168. The van der Waals surface area contributed by atoms with Gasteiger partial charge in [0, 0.05) is 18.5 Å². The fourth-order valence-corrected chi connectivity index (χ4v) is 2.70. The maximum Gasteiger partial charge on any atom is 0.325 e. The van der Waals surface area contributed by atoms with Gasteiger partial charge in [-0.25, -0.2) is 4.39 Å². The molecule has 2 aromatic carbocycles. The number of amides is 2. The number of halogens is 1. The van der Waals surface area contributed by atoms with E-state index in [1.165, 1.54) is 23.1 Å². The Morgan fingerprint density at radius 1 is 1.11 bits per heavy atom. The molecular formula is C20H21FN2O4S. The molecule has 1 N–H and O–H groups in total. The van der Waals surface area contributed by atoms with Gasteiger partial charge in [-0.1, -0.05) is 24.3 Å². The first kappa shape index (κ1) is 21.4. The normalized spacial score (nSPS) is 10.2. The molecule has 0 unspecified atom stereocenters. The topological polar surface area (TPSA) is 75.7 Å².